The summed E-state index contributed by atoms with van der Waals surface area (Å²) in [7, 11) is 1.56. The van der Waals surface area contributed by atoms with Gasteiger partial charge in [-0.1, -0.05) is 19.8 Å². The normalized spacial score (nSPS) is 10.4. The van der Waals surface area contributed by atoms with E-state index in [4.69, 9.17) is 4.74 Å². The zero-order valence-corrected chi connectivity index (χ0v) is 11.7. The van der Waals surface area contributed by atoms with Gasteiger partial charge in [-0.3, -0.25) is 4.79 Å². The van der Waals surface area contributed by atoms with Gasteiger partial charge in [0.2, 0.25) is 0 Å². The van der Waals surface area contributed by atoms with E-state index in [2.05, 4.69) is 6.92 Å². The molecule has 1 rings (SSSR count). The van der Waals surface area contributed by atoms with Crippen LogP contribution in [0.4, 0.5) is 0 Å². The maximum absolute atomic E-state index is 12.1. The van der Waals surface area contributed by atoms with E-state index in [1.54, 1.807) is 7.11 Å². The predicted octanol–water partition coefficient (Wildman–Crippen LogP) is 3.78. The van der Waals surface area contributed by atoms with Crippen LogP contribution in [-0.4, -0.2) is 18.0 Å². The number of hydrogen-bond donors (Lipinski definition) is 1. The fourth-order valence-corrected chi connectivity index (χ4v) is 2.02. The number of carbonyl (C=O) groups excluding carboxylic acids is 1. The highest BCUT2D eigenvalue weighted by molar-refractivity contribution is 5.99. The zero-order chi connectivity index (χ0) is 13.7. The fourth-order valence-electron chi connectivity index (χ4n) is 2.02. The summed E-state index contributed by atoms with van der Waals surface area (Å²) >= 11 is 0. The molecule has 0 heterocycles. The first-order chi connectivity index (χ1) is 8.52. The van der Waals surface area contributed by atoms with Gasteiger partial charge in [0.1, 0.15) is 11.5 Å². The minimum absolute atomic E-state index is 0.0405. The van der Waals surface area contributed by atoms with Crippen LogP contribution in [0.3, 0.4) is 0 Å². The summed E-state index contributed by atoms with van der Waals surface area (Å²) in [6.07, 6.45) is 3.52. The van der Waals surface area contributed by atoms with Crippen molar-refractivity contribution >= 4 is 5.78 Å². The second-order valence-electron chi connectivity index (χ2n) is 4.61. The van der Waals surface area contributed by atoms with Crippen molar-refractivity contribution in [2.24, 2.45) is 0 Å². The van der Waals surface area contributed by atoms with Gasteiger partial charge in [-0.15, -0.1) is 0 Å². The van der Waals surface area contributed by atoms with E-state index in [0.29, 0.717) is 17.7 Å². The quantitative estimate of drug-likeness (QED) is 0.617. The molecule has 0 aliphatic heterocycles. The van der Waals surface area contributed by atoms with E-state index < -0.39 is 0 Å². The third-order valence-corrected chi connectivity index (χ3v) is 3.32. The standard InChI is InChI=1S/C15H22O3/c1-5-6-7-8-13(16)12-9-14(17)10(2)11(3)15(12)18-4/h9,17H,5-8H2,1-4H3. The second kappa shape index (κ2) is 6.43. The molecule has 0 aliphatic rings. The van der Waals surface area contributed by atoms with E-state index in [9.17, 15) is 9.90 Å². The van der Waals surface area contributed by atoms with Crippen LogP contribution in [-0.2, 0) is 0 Å². The summed E-state index contributed by atoms with van der Waals surface area (Å²) in [6, 6.07) is 1.52. The molecule has 0 aliphatic carbocycles. The number of hydrogen-bond acceptors (Lipinski definition) is 3. The van der Waals surface area contributed by atoms with Crippen LogP contribution in [0.15, 0.2) is 6.07 Å². The molecule has 18 heavy (non-hydrogen) atoms. The van der Waals surface area contributed by atoms with Gasteiger partial charge < -0.3 is 9.84 Å². The molecule has 100 valence electrons. The number of Topliss-reactive ketones (excluding diaryl/α,β-unsaturated/α-hetero) is 1. The Morgan fingerprint density at radius 3 is 2.50 bits per heavy atom. The fraction of sp³-hybridized carbons (Fsp3) is 0.533. The molecule has 3 heteroatoms. The third kappa shape index (κ3) is 3.03. The summed E-state index contributed by atoms with van der Waals surface area (Å²) < 4.78 is 5.31. The SMILES string of the molecule is CCCCCC(=O)c1cc(O)c(C)c(C)c1OC. The Bertz CT molecular complexity index is 436. The van der Waals surface area contributed by atoms with Crippen LogP contribution < -0.4 is 4.74 Å². The van der Waals surface area contributed by atoms with Gasteiger partial charge in [0.05, 0.1) is 12.7 Å². The van der Waals surface area contributed by atoms with E-state index >= 15 is 0 Å². The number of unbranched alkanes of at least 4 members (excludes halogenated alkanes) is 2. The first-order valence-corrected chi connectivity index (χ1v) is 6.43. The molecule has 1 N–H and O–H groups in total. The van der Waals surface area contributed by atoms with Crippen molar-refractivity contribution in [2.45, 2.75) is 46.5 Å². The Morgan fingerprint density at radius 2 is 1.94 bits per heavy atom. The summed E-state index contributed by atoms with van der Waals surface area (Å²) in [6.45, 7) is 5.78. The molecule has 0 fully saturated rings. The minimum atomic E-state index is 0.0405. The number of methoxy groups -OCH3 is 1. The van der Waals surface area contributed by atoms with Crippen molar-refractivity contribution in [1.82, 2.24) is 0 Å². The Labute approximate surface area is 109 Å². The van der Waals surface area contributed by atoms with Crippen LogP contribution in [0.25, 0.3) is 0 Å². The summed E-state index contributed by atoms with van der Waals surface area (Å²) in [5.41, 5.74) is 2.09. The molecule has 1 aromatic rings. The highest BCUT2D eigenvalue weighted by atomic mass is 16.5. The van der Waals surface area contributed by atoms with Crippen molar-refractivity contribution in [3.8, 4) is 11.5 Å². The first-order valence-electron chi connectivity index (χ1n) is 6.43. The van der Waals surface area contributed by atoms with Crippen LogP contribution in [0.5, 0.6) is 11.5 Å². The lowest BCUT2D eigenvalue weighted by atomic mass is 9.98. The van der Waals surface area contributed by atoms with Crippen molar-refractivity contribution in [1.29, 1.82) is 0 Å². The Morgan fingerprint density at radius 1 is 1.28 bits per heavy atom. The average Bonchev–Trinajstić information content (AvgIpc) is 2.35. The highest BCUT2D eigenvalue weighted by Crippen LogP contribution is 2.33. The van der Waals surface area contributed by atoms with Crippen molar-refractivity contribution in [2.75, 3.05) is 7.11 Å². The maximum atomic E-state index is 12.1. The predicted molar refractivity (Wildman–Crippen MR) is 72.6 cm³/mol. The molecule has 3 nitrogen and oxygen atoms in total. The van der Waals surface area contributed by atoms with E-state index in [-0.39, 0.29) is 11.5 Å². The van der Waals surface area contributed by atoms with E-state index in [1.807, 2.05) is 13.8 Å². The molecular weight excluding hydrogens is 228 g/mol. The lowest BCUT2D eigenvalue weighted by Gasteiger charge is -2.14. The van der Waals surface area contributed by atoms with E-state index in [0.717, 1.165) is 30.4 Å². The Kier molecular flexibility index (Phi) is 5.20. The van der Waals surface area contributed by atoms with E-state index in [1.165, 1.54) is 6.07 Å². The number of rotatable bonds is 6. The molecule has 0 amide bonds. The number of ether oxygens (including phenoxy) is 1. The lowest BCUT2D eigenvalue weighted by Crippen LogP contribution is -2.05. The van der Waals surface area contributed by atoms with Gasteiger partial charge in [-0.05, 0) is 37.5 Å². The average molecular weight is 250 g/mol. The summed E-state index contributed by atoms with van der Waals surface area (Å²) in [4.78, 5) is 12.1. The molecule has 0 radical (unpaired) electrons. The van der Waals surface area contributed by atoms with Crippen LogP contribution in [0.2, 0.25) is 0 Å². The minimum Gasteiger partial charge on any atom is -0.508 e. The van der Waals surface area contributed by atoms with Gasteiger partial charge in [0, 0.05) is 6.42 Å². The smallest absolute Gasteiger partial charge is 0.166 e. The number of phenols is 1. The molecule has 1 aromatic carbocycles. The Hall–Kier alpha value is -1.51. The van der Waals surface area contributed by atoms with Crippen LogP contribution >= 0.6 is 0 Å². The van der Waals surface area contributed by atoms with Crippen LogP contribution in [0, 0.1) is 13.8 Å². The van der Waals surface area contributed by atoms with Gasteiger partial charge in [-0.2, -0.15) is 0 Å². The second-order valence-corrected chi connectivity index (χ2v) is 4.61. The molecule has 0 atom stereocenters. The number of aromatic hydroxyl groups is 1. The molecule has 0 bridgehead atoms. The molecular formula is C15H22O3. The molecule has 0 unspecified atom stereocenters. The number of carbonyl (C=O) groups is 1. The topological polar surface area (TPSA) is 46.5 Å². The largest absolute Gasteiger partial charge is 0.508 e. The monoisotopic (exact) mass is 250 g/mol. The number of ketones is 1. The summed E-state index contributed by atoms with van der Waals surface area (Å²) in [5.74, 6) is 0.789. The number of phenolic OH excluding ortho intramolecular Hbond substituents is 1. The third-order valence-electron chi connectivity index (χ3n) is 3.32. The van der Waals surface area contributed by atoms with Crippen molar-refractivity contribution in [3.63, 3.8) is 0 Å². The molecule has 0 saturated carbocycles. The first kappa shape index (κ1) is 14.6. The van der Waals surface area contributed by atoms with Crippen molar-refractivity contribution < 1.29 is 14.6 Å². The lowest BCUT2D eigenvalue weighted by molar-refractivity contribution is 0.0975. The summed E-state index contributed by atoms with van der Waals surface area (Å²) in [5, 5.41) is 9.81. The zero-order valence-electron chi connectivity index (χ0n) is 11.7. The van der Waals surface area contributed by atoms with Crippen molar-refractivity contribution in [3.05, 3.63) is 22.8 Å². The van der Waals surface area contributed by atoms with Gasteiger partial charge in [-0.25, -0.2) is 0 Å². The highest BCUT2D eigenvalue weighted by Gasteiger charge is 2.18. The molecule has 0 saturated heterocycles. The molecule has 0 spiro atoms. The van der Waals surface area contributed by atoms with Gasteiger partial charge in [0.15, 0.2) is 5.78 Å². The molecule has 0 aromatic heterocycles. The maximum Gasteiger partial charge on any atom is 0.166 e. The van der Waals surface area contributed by atoms with Gasteiger partial charge >= 0.3 is 0 Å². The Balaban J connectivity index is 3.04. The van der Waals surface area contributed by atoms with Gasteiger partial charge in [0.25, 0.3) is 0 Å². The number of benzene rings is 1. The van der Waals surface area contributed by atoms with Crippen LogP contribution in [0.1, 0.15) is 54.1 Å².